The summed E-state index contributed by atoms with van der Waals surface area (Å²) in [5.41, 5.74) is 8.91. The molecule has 0 fully saturated rings. The van der Waals surface area contributed by atoms with Crippen molar-refractivity contribution in [1.29, 1.82) is 0 Å². The molecule has 2 nitrogen and oxygen atoms in total. The van der Waals surface area contributed by atoms with Crippen molar-refractivity contribution >= 4 is 5.69 Å². The maximum absolute atomic E-state index is 13.0. The summed E-state index contributed by atoms with van der Waals surface area (Å²) in [5.74, 6) is 0.622. The summed E-state index contributed by atoms with van der Waals surface area (Å²) < 4.78 is 18.8. The molecule has 2 aromatic carbocycles. The standard InChI is InChI=1S/C17H18FNO/c18-14-8-9-17(16(19)10-14)20-11-13-6-3-5-12-4-1-2-7-15(12)13/h1-2,4,7-10,13H,3,5-6,11,19H2. The average Bonchev–Trinajstić information content (AvgIpc) is 2.46. The van der Waals surface area contributed by atoms with Crippen LogP contribution in [0.25, 0.3) is 0 Å². The van der Waals surface area contributed by atoms with Crippen LogP contribution in [0.5, 0.6) is 5.75 Å². The Morgan fingerprint density at radius 1 is 1.20 bits per heavy atom. The summed E-state index contributed by atoms with van der Waals surface area (Å²) in [7, 11) is 0. The SMILES string of the molecule is Nc1cc(F)ccc1OCC1CCCc2ccccc21. The Bertz CT molecular complexity index is 612. The van der Waals surface area contributed by atoms with E-state index < -0.39 is 0 Å². The van der Waals surface area contributed by atoms with Gasteiger partial charge in [-0.1, -0.05) is 24.3 Å². The Morgan fingerprint density at radius 2 is 2.05 bits per heavy atom. The van der Waals surface area contributed by atoms with Gasteiger partial charge in [0, 0.05) is 12.0 Å². The lowest BCUT2D eigenvalue weighted by Crippen LogP contribution is -2.17. The molecule has 0 radical (unpaired) electrons. The summed E-state index contributed by atoms with van der Waals surface area (Å²) in [6, 6.07) is 12.8. The van der Waals surface area contributed by atoms with Gasteiger partial charge in [-0.2, -0.15) is 0 Å². The largest absolute Gasteiger partial charge is 0.491 e. The first-order valence-electron chi connectivity index (χ1n) is 6.99. The fraction of sp³-hybridized carbons (Fsp3) is 0.294. The van der Waals surface area contributed by atoms with Crippen LogP contribution in [0.3, 0.4) is 0 Å². The zero-order chi connectivity index (χ0) is 13.9. The van der Waals surface area contributed by atoms with Gasteiger partial charge in [0.25, 0.3) is 0 Å². The molecule has 0 saturated carbocycles. The zero-order valence-corrected chi connectivity index (χ0v) is 11.3. The van der Waals surface area contributed by atoms with Gasteiger partial charge in [0.2, 0.25) is 0 Å². The third kappa shape index (κ3) is 2.62. The van der Waals surface area contributed by atoms with E-state index in [0.717, 1.165) is 12.8 Å². The van der Waals surface area contributed by atoms with Gasteiger partial charge in [-0.25, -0.2) is 4.39 Å². The van der Waals surface area contributed by atoms with E-state index in [1.165, 1.54) is 29.7 Å². The van der Waals surface area contributed by atoms with Crippen LogP contribution >= 0.6 is 0 Å². The molecule has 1 atom stereocenters. The van der Waals surface area contributed by atoms with E-state index in [0.29, 0.717) is 24.0 Å². The molecule has 2 N–H and O–H groups in total. The summed E-state index contributed by atoms with van der Waals surface area (Å²) in [6.45, 7) is 0.590. The number of nitrogen functional groups attached to an aromatic ring is 1. The summed E-state index contributed by atoms with van der Waals surface area (Å²) in [5, 5.41) is 0. The molecule has 1 aliphatic rings. The number of halogens is 1. The van der Waals surface area contributed by atoms with E-state index in [9.17, 15) is 4.39 Å². The van der Waals surface area contributed by atoms with Crippen molar-refractivity contribution in [3.63, 3.8) is 0 Å². The Morgan fingerprint density at radius 3 is 2.90 bits per heavy atom. The van der Waals surface area contributed by atoms with Gasteiger partial charge >= 0.3 is 0 Å². The van der Waals surface area contributed by atoms with Crippen molar-refractivity contribution in [2.75, 3.05) is 12.3 Å². The minimum absolute atomic E-state index is 0.335. The molecular formula is C17H18FNO. The van der Waals surface area contributed by atoms with E-state index in [4.69, 9.17) is 10.5 Å². The molecule has 0 saturated heterocycles. The molecular weight excluding hydrogens is 253 g/mol. The molecule has 0 amide bonds. The van der Waals surface area contributed by atoms with E-state index >= 15 is 0 Å². The number of aryl methyl sites for hydroxylation is 1. The third-order valence-corrected chi connectivity index (χ3v) is 3.91. The molecule has 20 heavy (non-hydrogen) atoms. The lowest BCUT2D eigenvalue weighted by atomic mass is 9.83. The predicted molar refractivity (Wildman–Crippen MR) is 78.4 cm³/mol. The first kappa shape index (κ1) is 13.0. The number of ether oxygens (including phenoxy) is 1. The van der Waals surface area contributed by atoms with E-state index in [1.807, 2.05) is 0 Å². The van der Waals surface area contributed by atoms with Gasteiger partial charge in [0.05, 0.1) is 12.3 Å². The second kappa shape index (κ2) is 5.53. The summed E-state index contributed by atoms with van der Waals surface area (Å²) in [6.07, 6.45) is 3.45. The van der Waals surface area contributed by atoms with Crippen molar-refractivity contribution in [3.8, 4) is 5.75 Å². The Labute approximate surface area is 118 Å². The molecule has 0 heterocycles. The van der Waals surface area contributed by atoms with Crippen molar-refractivity contribution in [2.24, 2.45) is 0 Å². The molecule has 2 aromatic rings. The summed E-state index contributed by atoms with van der Waals surface area (Å²) in [4.78, 5) is 0. The van der Waals surface area contributed by atoms with Crippen LogP contribution in [0.4, 0.5) is 10.1 Å². The van der Waals surface area contributed by atoms with Crippen molar-refractivity contribution in [1.82, 2.24) is 0 Å². The molecule has 0 aromatic heterocycles. The third-order valence-electron chi connectivity index (χ3n) is 3.91. The van der Waals surface area contributed by atoms with E-state index in [1.54, 1.807) is 6.07 Å². The van der Waals surface area contributed by atoms with Crippen molar-refractivity contribution < 1.29 is 9.13 Å². The number of hydrogen-bond donors (Lipinski definition) is 1. The first-order chi connectivity index (χ1) is 9.74. The van der Waals surface area contributed by atoms with Crippen molar-refractivity contribution in [3.05, 3.63) is 59.4 Å². The van der Waals surface area contributed by atoms with Gasteiger partial charge in [-0.05, 0) is 42.5 Å². The van der Waals surface area contributed by atoms with E-state index in [-0.39, 0.29) is 5.82 Å². The number of anilines is 1. The monoisotopic (exact) mass is 271 g/mol. The highest BCUT2D eigenvalue weighted by Crippen LogP contribution is 2.32. The van der Waals surface area contributed by atoms with Crippen LogP contribution < -0.4 is 10.5 Å². The van der Waals surface area contributed by atoms with Crippen LogP contribution in [-0.4, -0.2) is 6.61 Å². The highest BCUT2D eigenvalue weighted by Gasteiger charge is 2.20. The second-order valence-corrected chi connectivity index (χ2v) is 5.28. The zero-order valence-electron chi connectivity index (χ0n) is 11.3. The van der Waals surface area contributed by atoms with Gasteiger partial charge in [-0.3, -0.25) is 0 Å². The van der Waals surface area contributed by atoms with Crippen LogP contribution in [-0.2, 0) is 6.42 Å². The van der Waals surface area contributed by atoms with Gasteiger partial charge in [-0.15, -0.1) is 0 Å². The molecule has 0 spiro atoms. The fourth-order valence-corrected chi connectivity index (χ4v) is 2.87. The average molecular weight is 271 g/mol. The fourth-order valence-electron chi connectivity index (χ4n) is 2.87. The molecule has 1 unspecified atom stereocenters. The normalized spacial score (nSPS) is 17.6. The lowest BCUT2D eigenvalue weighted by Gasteiger charge is -2.25. The molecule has 3 heteroatoms. The van der Waals surface area contributed by atoms with Gasteiger partial charge < -0.3 is 10.5 Å². The second-order valence-electron chi connectivity index (χ2n) is 5.28. The quantitative estimate of drug-likeness (QED) is 0.859. The van der Waals surface area contributed by atoms with Crippen LogP contribution in [0.2, 0.25) is 0 Å². The van der Waals surface area contributed by atoms with Gasteiger partial charge in [0.15, 0.2) is 0 Å². The van der Waals surface area contributed by atoms with E-state index in [2.05, 4.69) is 24.3 Å². The Balaban J connectivity index is 1.73. The van der Waals surface area contributed by atoms with Crippen LogP contribution in [0.15, 0.2) is 42.5 Å². The minimum atomic E-state index is -0.335. The number of benzene rings is 2. The maximum atomic E-state index is 13.0. The first-order valence-corrected chi connectivity index (χ1v) is 6.99. The number of hydrogen-bond acceptors (Lipinski definition) is 2. The maximum Gasteiger partial charge on any atom is 0.142 e. The molecule has 0 bridgehead atoms. The van der Waals surface area contributed by atoms with Crippen molar-refractivity contribution in [2.45, 2.75) is 25.2 Å². The minimum Gasteiger partial charge on any atom is -0.491 e. The van der Waals surface area contributed by atoms with Crippen LogP contribution in [0.1, 0.15) is 29.9 Å². The highest BCUT2D eigenvalue weighted by atomic mass is 19.1. The lowest BCUT2D eigenvalue weighted by molar-refractivity contribution is 0.275. The topological polar surface area (TPSA) is 35.2 Å². The smallest absolute Gasteiger partial charge is 0.142 e. The molecule has 3 rings (SSSR count). The molecule has 0 aliphatic heterocycles. The van der Waals surface area contributed by atoms with Gasteiger partial charge in [0.1, 0.15) is 11.6 Å². The Hall–Kier alpha value is -2.03. The Kier molecular flexibility index (Phi) is 3.59. The van der Waals surface area contributed by atoms with Crippen LogP contribution in [0, 0.1) is 5.82 Å². The number of fused-ring (bicyclic) bond motifs is 1. The molecule has 104 valence electrons. The number of nitrogens with two attached hydrogens (primary N) is 1. The summed E-state index contributed by atoms with van der Waals surface area (Å²) >= 11 is 0. The predicted octanol–water partition coefficient (Wildman–Crippen LogP) is 3.91. The number of rotatable bonds is 3. The highest BCUT2D eigenvalue weighted by molar-refractivity contribution is 5.52. The molecule has 1 aliphatic carbocycles.